The fourth-order valence-corrected chi connectivity index (χ4v) is 2.46. The lowest BCUT2D eigenvalue weighted by atomic mass is 10.2. The van der Waals surface area contributed by atoms with Gasteiger partial charge in [-0.2, -0.15) is 5.10 Å². The summed E-state index contributed by atoms with van der Waals surface area (Å²) in [6.07, 6.45) is 1.56. The Kier molecular flexibility index (Phi) is 4.58. The molecule has 0 atom stereocenters. The van der Waals surface area contributed by atoms with Crippen LogP contribution in [0.3, 0.4) is 0 Å². The van der Waals surface area contributed by atoms with E-state index < -0.39 is 5.54 Å². The van der Waals surface area contributed by atoms with Gasteiger partial charge in [0.15, 0.2) is 0 Å². The molecule has 0 bridgehead atoms. The summed E-state index contributed by atoms with van der Waals surface area (Å²) in [7, 11) is 0. The molecule has 0 spiro atoms. The van der Waals surface area contributed by atoms with Gasteiger partial charge in [-0.1, -0.05) is 18.2 Å². The highest BCUT2D eigenvalue weighted by molar-refractivity contribution is 5.88. The molecule has 1 saturated carbocycles. The number of hydrogen-bond donors (Lipinski definition) is 2. The van der Waals surface area contributed by atoms with Crippen LogP contribution in [0, 0.1) is 13.8 Å². The number of rotatable bonds is 4. The minimum Gasteiger partial charge on any atom is -0.350 e. The van der Waals surface area contributed by atoms with E-state index in [4.69, 9.17) is 5.73 Å². The fourth-order valence-electron chi connectivity index (χ4n) is 2.46. The molecule has 1 fully saturated rings. The molecule has 1 aliphatic rings. The van der Waals surface area contributed by atoms with Crippen molar-refractivity contribution in [2.24, 2.45) is 5.73 Å². The van der Waals surface area contributed by atoms with Crippen molar-refractivity contribution in [3.05, 3.63) is 47.3 Å². The van der Waals surface area contributed by atoms with Crippen LogP contribution in [0.25, 0.3) is 5.69 Å². The van der Waals surface area contributed by atoms with Crippen molar-refractivity contribution < 1.29 is 4.79 Å². The fraction of sp³-hybridized carbons (Fsp3) is 0.375. The molecular formula is C16H21ClN4O. The van der Waals surface area contributed by atoms with Gasteiger partial charge in [0.2, 0.25) is 5.91 Å². The smallest absolute Gasteiger partial charge is 0.240 e. The van der Waals surface area contributed by atoms with Crippen LogP contribution in [0.5, 0.6) is 0 Å². The third-order valence-corrected chi connectivity index (χ3v) is 4.11. The van der Waals surface area contributed by atoms with E-state index in [2.05, 4.69) is 10.4 Å². The Morgan fingerprint density at radius 3 is 2.55 bits per heavy atom. The third kappa shape index (κ3) is 3.00. The van der Waals surface area contributed by atoms with Crippen LogP contribution in [-0.4, -0.2) is 21.2 Å². The van der Waals surface area contributed by atoms with E-state index in [0.29, 0.717) is 6.54 Å². The summed E-state index contributed by atoms with van der Waals surface area (Å²) >= 11 is 0. The molecule has 1 heterocycles. The van der Waals surface area contributed by atoms with Gasteiger partial charge in [-0.25, -0.2) is 4.68 Å². The second-order valence-electron chi connectivity index (χ2n) is 5.74. The van der Waals surface area contributed by atoms with E-state index in [1.165, 1.54) is 0 Å². The summed E-state index contributed by atoms with van der Waals surface area (Å²) in [5, 5.41) is 7.50. The molecule has 0 radical (unpaired) electrons. The first-order chi connectivity index (χ1) is 10.0. The Bertz CT molecular complexity index is 677. The Balaban J connectivity index is 0.00000176. The van der Waals surface area contributed by atoms with Gasteiger partial charge < -0.3 is 11.1 Å². The molecule has 1 amide bonds. The first-order valence-electron chi connectivity index (χ1n) is 7.19. The van der Waals surface area contributed by atoms with Gasteiger partial charge in [0, 0.05) is 17.8 Å². The van der Waals surface area contributed by atoms with Gasteiger partial charge >= 0.3 is 0 Å². The quantitative estimate of drug-likeness (QED) is 0.905. The van der Waals surface area contributed by atoms with Gasteiger partial charge in [0.05, 0.1) is 16.9 Å². The number of hydrogen-bond acceptors (Lipinski definition) is 3. The zero-order valence-electron chi connectivity index (χ0n) is 12.8. The molecule has 1 aliphatic carbocycles. The summed E-state index contributed by atoms with van der Waals surface area (Å²) in [5.74, 6) is -0.0613. The van der Waals surface area contributed by atoms with Crippen LogP contribution in [0.2, 0.25) is 0 Å². The highest BCUT2D eigenvalue weighted by Crippen LogP contribution is 2.32. The molecule has 5 nitrogen and oxygen atoms in total. The Morgan fingerprint density at radius 1 is 1.32 bits per heavy atom. The van der Waals surface area contributed by atoms with Crippen LogP contribution in [0.4, 0.5) is 0 Å². The molecular weight excluding hydrogens is 300 g/mol. The number of nitrogens with two attached hydrogens (primary N) is 1. The highest BCUT2D eigenvalue weighted by atomic mass is 35.5. The molecule has 3 rings (SSSR count). The lowest BCUT2D eigenvalue weighted by molar-refractivity contribution is -0.123. The number of nitrogens with one attached hydrogen (secondary N) is 1. The summed E-state index contributed by atoms with van der Waals surface area (Å²) in [5.41, 5.74) is 9.31. The zero-order chi connectivity index (χ0) is 15.0. The van der Waals surface area contributed by atoms with E-state index >= 15 is 0 Å². The van der Waals surface area contributed by atoms with Crippen LogP contribution < -0.4 is 11.1 Å². The molecule has 1 aromatic heterocycles. The average molecular weight is 321 g/mol. The Labute approximate surface area is 136 Å². The first kappa shape index (κ1) is 16.5. The minimum absolute atomic E-state index is 0. The topological polar surface area (TPSA) is 72.9 Å². The molecule has 0 unspecified atom stereocenters. The number of aromatic nitrogens is 2. The number of carbonyl (C=O) groups is 1. The number of halogens is 1. The van der Waals surface area contributed by atoms with Crippen molar-refractivity contribution in [1.29, 1.82) is 0 Å². The van der Waals surface area contributed by atoms with Crippen molar-refractivity contribution in [2.45, 2.75) is 38.8 Å². The normalized spacial score (nSPS) is 15.0. The summed E-state index contributed by atoms with van der Waals surface area (Å²) in [4.78, 5) is 11.9. The van der Waals surface area contributed by atoms with E-state index in [1.54, 1.807) is 0 Å². The maximum absolute atomic E-state index is 11.9. The summed E-state index contributed by atoms with van der Waals surface area (Å²) in [6, 6.07) is 9.98. The monoisotopic (exact) mass is 320 g/mol. The molecule has 2 aromatic rings. The predicted molar refractivity (Wildman–Crippen MR) is 88.3 cm³/mol. The van der Waals surface area contributed by atoms with Crippen molar-refractivity contribution >= 4 is 18.3 Å². The molecule has 0 aliphatic heterocycles. The summed E-state index contributed by atoms with van der Waals surface area (Å²) in [6.45, 7) is 4.45. The molecule has 22 heavy (non-hydrogen) atoms. The Morgan fingerprint density at radius 2 is 1.95 bits per heavy atom. The van der Waals surface area contributed by atoms with Gasteiger partial charge in [-0.3, -0.25) is 4.79 Å². The summed E-state index contributed by atoms with van der Waals surface area (Å²) < 4.78 is 1.91. The molecule has 3 N–H and O–H groups in total. The van der Waals surface area contributed by atoms with E-state index in [9.17, 15) is 4.79 Å². The number of para-hydroxylation sites is 1. The van der Waals surface area contributed by atoms with Gasteiger partial charge in [-0.15, -0.1) is 12.4 Å². The van der Waals surface area contributed by atoms with Crippen molar-refractivity contribution in [3.63, 3.8) is 0 Å². The zero-order valence-corrected chi connectivity index (χ0v) is 13.6. The SMILES string of the molecule is Cc1nn(-c2ccccc2)c(C)c1CNC(=O)C1(N)CC1.Cl. The predicted octanol–water partition coefficient (Wildman–Crippen LogP) is 2.02. The standard InChI is InChI=1S/C16H20N4O.ClH/c1-11-14(10-18-15(21)16(17)8-9-16)12(2)20(19-11)13-6-4-3-5-7-13;/h3-7H,8-10,17H2,1-2H3,(H,18,21);1H. The second-order valence-corrected chi connectivity index (χ2v) is 5.74. The second kappa shape index (κ2) is 6.10. The maximum Gasteiger partial charge on any atom is 0.240 e. The van der Waals surface area contributed by atoms with E-state index in [1.807, 2.05) is 48.9 Å². The van der Waals surface area contributed by atoms with Crippen molar-refractivity contribution in [3.8, 4) is 5.69 Å². The van der Waals surface area contributed by atoms with Gasteiger partial charge in [-0.05, 0) is 38.8 Å². The highest BCUT2D eigenvalue weighted by Gasteiger charge is 2.45. The largest absolute Gasteiger partial charge is 0.350 e. The lowest BCUT2D eigenvalue weighted by Crippen LogP contribution is -2.42. The molecule has 118 valence electrons. The number of nitrogens with zero attached hydrogens (tertiary/aromatic N) is 2. The van der Waals surface area contributed by atoms with Crippen molar-refractivity contribution in [1.82, 2.24) is 15.1 Å². The number of benzene rings is 1. The Hall–Kier alpha value is -1.85. The van der Waals surface area contributed by atoms with Crippen LogP contribution in [0.1, 0.15) is 29.8 Å². The van der Waals surface area contributed by atoms with Gasteiger partial charge in [0.25, 0.3) is 0 Å². The van der Waals surface area contributed by atoms with Crippen LogP contribution in [0.15, 0.2) is 30.3 Å². The number of carbonyl (C=O) groups excluding carboxylic acids is 1. The van der Waals surface area contributed by atoms with Crippen LogP contribution in [-0.2, 0) is 11.3 Å². The molecule has 1 aromatic carbocycles. The molecule has 6 heteroatoms. The molecule has 0 saturated heterocycles. The average Bonchev–Trinajstić information content (AvgIpc) is 3.17. The lowest BCUT2D eigenvalue weighted by Gasteiger charge is -2.10. The maximum atomic E-state index is 11.9. The number of amides is 1. The van der Waals surface area contributed by atoms with Crippen molar-refractivity contribution in [2.75, 3.05) is 0 Å². The first-order valence-corrected chi connectivity index (χ1v) is 7.19. The van der Waals surface area contributed by atoms with E-state index in [-0.39, 0.29) is 18.3 Å². The third-order valence-electron chi connectivity index (χ3n) is 4.11. The van der Waals surface area contributed by atoms with Crippen LogP contribution >= 0.6 is 12.4 Å². The number of aryl methyl sites for hydroxylation is 1. The minimum atomic E-state index is -0.628. The van der Waals surface area contributed by atoms with E-state index in [0.717, 1.165) is 35.5 Å². The van der Waals surface area contributed by atoms with Gasteiger partial charge in [0.1, 0.15) is 0 Å².